The van der Waals surface area contributed by atoms with Gasteiger partial charge in [-0.3, -0.25) is 0 Å². The minimum absolute atomic E-state index is 0. The van der Waals surface area contributed by atoms with Gasteiger partial charge >= 0.3 is 5.97 Å². The van der Waals surface area contributed by atoms with Gasteiger partial charge in [-0.25, -0.2) is 9.18 Å². The van der Waals surface area contributed by atoms with Crippen LogP contribution in [0.2, 0.25) is 0 Å². The Morgan fingerprint density at radius 3 is 2.56 bits per heavy atom. The van der Waals surface area contributed by atoms with Crippen LogP contribution in [0.1, 0.15) is 40.0 Å². The lowest BCUT2D eigenvalue weighted by molar-refractivity contribution is 0.0696. The van der Waals surface area contributed by atoms with Crippen molar-refractivity contribution in [3.05, 3.63) is 101 Å². The second kappa shape index (κ2) is 10.7. The zero-order valence-corrected chi connectivity index (χ0v) is 20.1. The van der Waals surface area contributed by atoms with Crippen molar-refractivity contribution in [3.63, 3.8) is 0 Å². The van der Waals surface area contributed by atoms with Gasteiger partial charge in [0.1, 0.15) is 0 Å². The summed E-state index contributed by atoms with van der Waals surface area (Å²) in [5.74, 6) is -1.09. The van der Waals surface area contributed by atoms with Gasteiger partial charge < -0.3 is 15.2 Å². The molecule has 1 atom stereocenters. The first-order chi connectivity index (χ1) is 15.9. The zero-order chi connectivity index (χ0) is 23.5. The van der Waals surface area contributed by atoms with Crippen molar-refractivity contribution < 1.29 is 19.0 Å². The highest BCUT2D eigenvalue weighted by Crippen LogP contribution is 2.32. The van der Waals surface area contributed by atoms with Crippen LogP contribution in [0.25, 0.3) is 21.9 Å². The molecule has 4 nitrogen and oxygen atoms in total. The summed E-state index contributed by atoms with van der Waals surface area (Å²) in [5.41, 5.74) is 4.90. The fourth-order valence-corrected chi connectivity index (χ4v) is 4.07. The van der Waals surface area contributed by atoms with Crippen LogP contribution in [-0.4, -0.2) is 18.2 Å². The number of carboxylic acid groups (broad SMARTS) is 1. The third kappa shape index (κ3) is 5.22. The molecule has 0 aromatic heterocycles. The molecule has 0 heterocycles. The standard InChI is InChI=1S/C28H26FNO3.ClH/c1-17-8-9-22(14-24(17)28(31)32)25-13-19(12-21-6-4-5-7-23(21)25)16-30-18(2)20-10-11-26(29)27(15-20)33-3;/h4-15,18,30H,16H2,1-3H3,(H,31,32);1H/t18-;/m1./s1. The van der Waals surface area contributed by atoms with E-state index < -0.39 is 5.97 Å². The van der Waals surface area contributed by atoms with Crippen molar-refractivity contribution >= 4 is 29.1 Å². The molecule has 0 aliphatic carbocycles. The van der Waals surface area contributed by atoms with Gasteiger partial charge in [0.25, 0.3) is 0 Å². The van der Waals surface area contributed by atoms with Gasteiger partial charge in [-0.15, -0.1) is 12.4 Å². The Balaban J connectivity index is 0.00000324. The predicted molar refractivity (Wildman–Crippen MR) is 137 cm³/mol. The Morgan fingerprint density at radius 1 is 1.06 bits per heavy atom. The molecule has 0 fully saturated rings. The Morgan fingerprint density at radius 2 is 1.82 bits per heavy atom. The van der Waals surface area contributed by atoms with Crippen molar-refractivity contribution in [1.82, 2.24) is 5.32 Å². The van der Waals surface area contributed by atoms with Crippen molar-refractivity contribution in [1.29, 1.82) is 0 Å². The Hall–Kier alpha value is -3.41. The molecule has 0 saturated carbocycles. The van der Waals surface area contributed by atoms with Crippen molar-refractivity contribution in [2.75, 3.05) is 7.11 Å². The summed E-state index contributed by atoms with van der Waals surface area (Å²) in [5, 5.41) is 15.2. The maximum Gasteiger partial charge on any atom is 0.335 e. The molecule has 0 aliphatic heterocycles. The molecule has 176 valence electrons. The fourth-order valence-electron chi connectivity index (χ4n) is 4.07. The number of aromatic carboxylic acids is 1. The third-order valence-electron chi connectivity index (χ3n) is 5.99. The lowest BCUT2D eigenvalue weighted by atomic mass is 9.93. The number of hydrogen-bond acceptors (Lipinski definition) is 3. The molecule has 0 aliphatic rings. The van der Waals surface area contributed by atoms with Crippen LogP contribution in [0.4, 0.5) is 4.39 Å². The van der Waals surface area contributed by atoms with Crippen molar-refractivity contribution in [2.24, 2.45) is 0 Å². The maximum atomic E-state index is 13.8. The number of halogens is 2. The van der Waals surface area contributed by atoms with E-state index in [2.05, 4.69) is 29.6 Å². The summed E-state index contributed by atoms with van der Waals surface area (Å²) in [6, 6.07) is 22.7. The molecule has 0 spiro atoms. The largest absolute Gasteiger partial charge is 0.494 e. The van der Waals surface area contributed by atoms with Gasteiger partial charge in [-0.2, -0.15) is 0 Å². The molecular formula is C28H27ClFNO3. The number of aryl methyl sites for hydroxylation is 1. The number of benzene rings is 4. The highest BCUT2D eigenvalue weighted by atomic mass is 35.5. The van der Waals surface area contributed by atoms with E-state index in [4.69, 9.17) is 4.74 Å². The van der Waals surface area contributed by atoms with Crippen LogP contribution in [0.5, 0.6) is 5.75 Å². The van der Waals surface area contributed by atoms with Gasteiger partial charge in [-0.05, 0) is 82.8 Å². The van der Waals surface area contributed by atoms with Crippen LogP contribution in [0.15, 0.2) is 72.8 Å². The van der Waals surface area contributed by atoms with E-state index in [1.54, 1.807) is 25.1 Å². The average Bonchev–Trinajstić information content (AvgIpc) is 2.82. The number of fused-ring (bicyclic) bond motifs is 1. The topological polar surface area (TPSA) is 58.6 Å². The second-order valence-electron chi connectivity index (χ2n) is 8.20. The van der Waals surface area contributed by atoms with Gasteiger partial charge in [0.15, 0.2) is 11.6 Å². The highest BCUT2D eigenvalue weighted by Gasteiger charge is 2.13. The van der Waals surface area contributed by atoms with E-state index in [0.29, 0.717) is 12.1 Å². The van der Waals surface area contributed by atoms with Gasteiger partial charge in [-0.1, -0.05) is 42.5 Å². The van der Waals surface area contributed by atoms with E-state index in [1.165, 1.54) is 13.2 Å². The second-order valence-corrected chi connectivity index (χ2v) is 8.20. The Bertz CT molecular complexity index is 1340. The van der Waals surface area contributed by atoms with Crippen LogP contribution < -0.4 is 10.1 Å². The number of methoxy groups -OCH3 is 1. The SMILES string of the molecule is COc1cc([C@@H](C)NCc2cc(-c3ccc(C)c(C(=O)O)c3)c3ccccc3c2)ccc1F.Cl. The molecule has 0 radical (unpaired) electrons. The summed E-state index contributed by atoms with van der Waals surface area (Å²) in [7, 11) is 1.46. The first-order valence-corrected chi connectivity index (χ1v) is 10.8. The lowest BCUT2D eigenvalue weighted by Crippen LogP contribution is -2.18. The normalized spacial score (nSPS) is 11.6. The van der Waals surface area contributed by atoms with Crippen LogP contribution >= 0.6 is 12.4 Å². The smallest absolute Gasteiger partial charge is 0.335 e. The predicted octanol–water partition coefficient (Wildman–Crippen LogP) is 6.93. The minimum atomic E-state index is -0.931. The Labute approximate surface area is 204 Å². The molecule has 6 heteroatoms. The molecule has 4 aromatic rings. The van der Waals surface area contributed by atoms with E-state index in [9.17, 15) is 14.3 Å². The number of ether oxygens (including phenoxy) is 1. The summed E-state index contributed by atoms with van der Waals surface area (Å²) < 4.78 is 18.9. The number of rotatable bonds is 7. The highest BCUT2D eigenvalue weighted by molar-refractivity contribution is 5.99. The fraction of sp³-hybridized carbons (Fsp3) is 0.179. The Kier molecular flexibility index (Phi) is 7.92. The molecule has 0 amide bonds. The summed E-state index contributed by atoms with van der Waals surface area (Å²) in [6.45, 7) is 4.42. The molecule has 0 bridgehead atoms. The van der Waals surface area contributed by atoms with Crippen LogP contribution in [0, 0.1) is 12.7 Å². The molecule has 4 rings (SSSR count). The number of hydrogen-bond donors (Lipinski definition) is 2. The lowest BCUT2D eigenvalue weighted by Gasteiger charge is -2.17. The monoisotopic (exact) mass is 479 g/mol. The number of carbonyl (C=O) groups is 1. The molecule has 34 heavy (non-hydrogen) atoms. The zero-order valence-electron chi connectivity index (χ0n) is 19.3. The van der Waals surface area contributed by atoms with Gasteiger partial charge in [0.2, 0.25) is 0 Å². The summed E-state index contributed by atoms with van der Waals surface area (Å²) >= 11 is 0. The molecule has 0 saturated heterocycles. The first kappa shape index (κ1) is 25.2. The minimum Gasteiger partial charge on any atom is -0.494 e. The van der Waals surface area contributed by atoms with Crippen LogP contribution in [0.3, 0.4) is 0 Å². The van der Waals surface area contributed by atoms with Gasteiger partial charge in [0, 0.05) is 12.6 Å². The third-order valence-corrected chi connectivity index (χ3v) is 5.99. The van der Waals surface area contributed by atoms with Crippen molar-refractivity contribution in [3.8, 4) is 16.9 Å². The quantitative estimate of drug-likeness (QED) is 0.301. The van der Waals surface area contributed by atoms with E-state index in [0.717, 1.165) is 38.6 Å². The van der Waals surface area contributed by atoms with E-state index in [1.807, 2.05) is 31.2 Å². The maximum absolute atomic E-state index is 13.8. The molecule has 2 N–H and O–H groups in total. The average molecular weight is 480 g/mol. The molecule has 4 aromatic carbocycles. The summed E-state index contributed by atoms with van der Waals surface area (Å²) in [6.07, 6.45) is 0. The van der Waals surface area contributed by atoms with E-state index >= 15 is 0 Å². The summed E-state index contributed by atoms with van der Waals surface area (Å²) in [4.78, 5) is 11.7. The van der Waals surface area contributed by atoms with Crippen LogP contribution in [-0.2, 0) is 6.54 Å². The number of nitrogens with one attached hydrogen (secondary N) is 1. The molecular weight excluding hydrogens is 453 g/mol. The first-order valence-electron chi connectivity index (χ1n) is 10.8. The van der Waals surface area contributed by atoms with Gasteiger partial charge in [0.05, 0.1) is 12.7 Å². The van der Waals surface area contributed by atoms with Crippen molar-refractivity contribution in [2.45, 2.75) is 26.4 Å². The number of carboxylic acids is 1. The molecule has 0 unspecified atom stereocenters. The van der Waals surface area contributed by atoms with E-state index in [-0.39, 0.29) is 30.0 Å².